The largest absolute Gasteiger partial charge is 0.325 e. The molecule has 1 heterocycles. The van der Waals surface area contributed by atoms with Gasteiger partial charge in [0.2, 0.25) is 15.9 Å². The lowest BCUT2D eigenvalue weighted by Crippen LogP contribution is -2.54. The molecule has 8 heteroatoms. The number of halogens is 1. The number of hydrogen-bond acceptors (Lipinski definition) is 4. The van der Waals surface area contributed by atoms with E-state index < -0.39 is 10.0 Å². The number of nitrogens with one attached hydrogen (secondary N) is 1. The molecule has 6 nitrogen and oxygen atoms in total. The molecule has 2 aromatic rings. The lowest BCUT2D eigenvalue weighted by molar-refractivity contribution is -0.121. The van der Waals surface area contributed by atoms with Crippen molar-refractivity contribution in [2.45, 2.75) is 31.7 Å². The van der Waals surface area contributed by atoms with Gasteiger partial charge in [0.05, 0.1) is 10.9 Å². The lowest BCUT2D eigenvalue weighted by Gasteiger charge is -2.36. The van der Waals surface area contributed by atoms with E-state index in [1.165, 1.54) is 4.31 Å². The van der Waals surface area contributed by atoms with Crippen LogP contribution in [0.3, 0.4) is 0 Å². The number of hydrogen-bond donors (Lipinski definition) is 1. The van der Waals surface area contributed by atoms with E-state index in [9.17, 15) is 13.2 Å². The van der Waals surface area contributed by atoms with Gasteiger partial charge in [-0.25, -0.2) is 8.42 Å². The van der Waals surface area contributed by atoms with Gasteiger partial charge in [-0.15, -0.1) is 0 Å². The second-order valence-electron chi connectivity index (χ2n) is 7.38. The summed E-state index contributed by atoms with van der Waals surface area (Å²) in [7, 11) is -3.54. The minimum atomic E-state index is -3.54. The van der Waals surface area contributed by atoms with Gasteiger partial charge in [0, 0.05) is 36.9 Å². The van der Waals surface area contributed by atoms with E-state index >= 15 is 0 Å². The van der Waals surface area contributed by atoms with Crippen LogP contribution in [-0.4, -0.2) is 55.8 Å². The maximum atomic E-state index is 13.0. The van der Waals surface area contributed by atoms with Crippen molar-refractivity contribution in [3.63, 3.8) is 0 Å². The van der Waals surface area contributed by atoms with Gasteiger partial charge in [-0.1, -0.05) is 29.3 Å². The van der Waals surface area contributed by atoms with Crippen molar-refractivity contribution in [2.24, 2.45) is 0 Å². The van der Waals surface area contributed by atoms with Crippen molar-refractivity contribution in [1.29, 1.82) is 0 Å². The highest BCUT2D eigenvalue weighted by atomic mass is 35.5. The van der Waals surface area contributed by atoms with Crippen LogP contribution in [0.25, 0.3) is 0 Å². The second-order valence-corrected chi connectivity index (χ2v) is 9.72. The molecule has 1 fully saturated rings. The summed E-state index contributed by atoms with van der Waals surface area (Å²) in [6, 6.07) is 12.0. The highest BCUT2D eigenvalue weighted by molar-refractivity contribution is 7.89. The molecule has 0 aliphatic carbocycles. The summed E-state index contributed by atoms with van der Waals surface area (Å²) >= 11 is 5.87. The van der Waals surface area contributed by atoms with Crippen LogP contribution in [0.5, 0.6) is 0 Å². The van der Waals surface area contributed by atoms with E-state index in [2.05, 4.69) is 5.32 Å². The molecule has 0 bridgehead atoms. The molecule has 0 aromatic heterocycles. The van der Waals surface area contributed by atoms with E-state index in [1.54, 1.807) is 30.3 Å². The smallest absolute Gasteiger partial charge is 0.243 e. The first-order valence-electron chi connectivity index (χ1n) is 9.56. The maximum Gasteiger partial charge on any atom is 0.243 e. The van der Waals surface area contributed by atoms with Crippen molar-refractivity contribution in [1.82, 2.24) is 9.21 Å². The molecule has 1 saturated heterocycles. The zero-order valence-corrected chi connectivity index (χ0v) is 18.4. The molecule has 1 aliphatic rings. The Morgan fingerprint density at radius 2 is 1.66 bits per heavy atom. The summed E-state index contributed by atoms with van der Waals surface area (Å²) in [4.78, 5) is 14.9. The molecule has 3 rings (SSSR count). The lowest BCUT2D eigenvalue weighted by atomic mass is 10.2. The van der Waals surface area contributed by atoms with Crippen LogP contribution in [-0.2, 0) is 14.8 Å². The van der Waals surface area contributed by atoms with Crippen LogP contribution in [0.15, 0.2) is 47.4 Å². The number of rotatable bonds is 5. The molecule has 0 unspecified atom stereocenters. The van der Waals surface area contributed by atoms with E-state index in [0.717, 1.165) is 11.1 Å². The highest BCUT2D eigenvalue weighted by Gasteiger charge is 2.32. The molecule has 1 N–H and O–H groups in total. The monoisotopic (exact) mass is 435 g/mol. The summed E-state index contributed by atoms with van der Waals surface area (Å²) in [5.41, 5.74) is 2.47. The first kappa shape index (κ1) is 21.8. The number of carbonyl (C=O) groups is 1. The first-order chi connectivity index (χ1) is 13.7. The zero-order valence-electron chi connectivity index (χ0n) is 16.9. The van der Waals surface area contributed by atoms with Gasteiger partial charge in [0.15, 0.2) is 0 Å². The third-order valence-corrected chi connectivity index (χ3v) is 7.57. The molecular weight excluding hydrogens is 410 g/mol. The van der Waals surface area contributed by atoms with E-state index in [0.29, 0.717) is 41.8 Å². The summed E-state index contributed by atoms with van der Waals surface area (Å²) < 4.78 is 27.5. The van der Waals surface area contributed by atoms with Crippen molar-refractivity contribution in [3.8, 4) is 0 Å². The molecule has 29 heavy (non-hydrogen) atoms. The first-order valence-corrected chi connectivity index (χ1v) is 11.4. The van der Waals surface area contributed by atoms with Gasteiger partial charge in [0.1, 0.15) is 0 Å². The van der Waals surface area contributed by atoms with Crippen molar-refractivity contribution < 1.29 is 13.2 Å². The van der Waals surface area contributed by atoms with Gasteiger partial charge in [-0.3, -0.25) is 9.69 Å². The fourth-order valence-electron chi connectivity index (χ4n) is 3.50. The number of aryl methyl sites for hydroxylation is 2. The molecule has 1 amide bonds. The predicted molar refractivity (Wildman–Crippen MR) is 116 cm³/mol. The van der Waals surface area contributed by atoms with E-state index in [4.69, 9.17) is 11.6 Å². The van der Waals surface area contributed by atoms with Gasteiger partial charge < -0.3 is 5.32 Å². The number of nitrogens with zero attached hydrogens (tertiary/aromatic N) is 2. The van der Waals surface area contributed by atoms with Gasteiger partial charge in [-0.2, -0.15) is 4.31 Å². The van der Waals surface area contributed by atoms with Gasteiger partial charge in [0.25, 0.3) is 0 Å². The van der Waals surface area contributed by atoms with Crippen molar-refractivity contribution >= 4 is 33.2 Å². The molecule has 0 spiro atoms. The number of amides is 1. The molecule has 0 saturated carbocycles. The minimum Gasteiger partial charge on any atom is -0.325 e. The van der Waals surface area contributed by atoms with Crippen LogP contribution >= 0.6 is 11.6 Å². The average Bonchev–Trinajstić information content (AvgIpc) is 2.69. The van der Waals surface area contributed by atoms with Crippen LogP contribution in [0.4, 0.5) is 5.69 Å². The molecule has 1 aliphatic heterocycles. The summed E-state index contributed by atoms with van der Waals surface area (Å²) in [5.74, 6) is -0.127. The molecule has 0 radical (unpaired) electrons. The third kappa shape index (κ3) is 4.98. The Balaban J connectivity index is 1.62. The van der Waals surface area contributed by atoms with E-state index in [-0.39, 0.29) is 11.9 Å². The standard InChI is InChI=1S/C21H26ClN3O3S/c1-15-4-9-20(16(2)14-15)29(27,28)25-12-10-24(11-13-25)17(3)21(26)23-19-7-5-18(22)6-8-19/h4-9,14,17H,10-13H2,1-3H3,(H,23,26)/t17-/m0/s1. The summed E-state index contributed by atoms with van der Waals surface area (Å²) in [6.07, 6.45) is 0. The van der Waals surface area contributed by atoms with Gasteiger partial charge >= 0.3 is 0 Å². The van der Waals surface area contributed by atoms with Crippen LogP contribution in [0.1, 0.15) is 18.1 Å². The summed E-state index contributed by atoms with van der Waals surface area (Å²) in [5, 5.41) is 3.48. The summed E-state index contributed by atoms with van der Waals surface area (Å²) in [6.45, 7) is 7.30. The minimum absolute atomic E-state index is 0.127. The Labute approximate surface area is 177 Å². The Kier molecular flexibility index (Phi) is 6.63. The second kappa shape index (κ2) is 8.83. The average molecular weight is 436 g/mol. The molecule has 156 valence electrons. The SMILES string of the molecule is Cc1ccc(S(=O)(=O)N2CCN([C@@H](C)C(=O)Nc3ccc(Cl)cc3)CC2)c(C)c1. The maximum absolute atomic E-state index is 13.0. The number of anilines is 1. The van der Waals surface area contributed by atoms with Crippen LogP contribution < -0.4 is 5.32 Å². The highest BCUT2D eigenvalue weighted by Crippen LogP contribution is 2.23. The third-order valence-electron chi connectivity index (χ3n) is 5.26. The van der Waals surface area contributed by atoms with E-state index in [1.807, 2.05) is 37.8 Å². The Hall–Kier alpha value is -1.93. The number of piperazine rings is 1. The fraction of sp³-hybridized carbons (Fsp3) is 0.381. The number of sulfonamides is 1. The molecular formula is C21H26ClN3O3S. The quantitative estimate of drug-likeness (QED) is 0.782. The molecule has 2 aromatic carbocycles. The number of carbonyl (C=O) groups excluding carboxylic acids is 1. The van der Waals surface area contributed by atoms with Crippen molar-refractivity contribution in [2.75, 3.05) is 31.5 Å². The fourth-order valence-corrected chi connectivity index (χ4v) is 5.26. The Morgan fingerprint density at radius 3 is 2.24 bits per heavy atom. The topological polar surface area (TPSA) is 69.7 Å². The van der Waals surface area contributed by atoms with Crippen molar-refractivity contribution in [3.05, 3.63) is 58.6 Å². The zero-order chi connectivity index (χ0) is 21.2. The Morgan fingerprint density at radius 1 is 1.03 bits per heavy atom. The van der Waals surface area contributed by atoms with Crippen LogP contribution in [0, 0.1) is 13.8 Å². The predicted octanol–water partition coefficient (Wildman–Crippen LogP) is 3.29. The Bertz CT molecular complexity index is 985. The number of benzene rings is 2. The normalized spacial score (nSPS) is 17.1. The van der Waals surface area contributed by atoms with Gasteiger partial charge in [-0.05, 0) is 56.7 Å². The van der Waals surface area contributed by atoms with Crippen LogP contribution in [0.2, 0.25) is 5.02 Å². The molecule has 1 atom stereocenters.